The second-order valence-corrected chi connectivity index (χ2v) is 8.61. The summed E-state index contributed by atoms with van der Waals surface area (Å²) in [5.41, 5.74) is 3.88. The van der Waals surface area contributed by atoms with Crippen LogP contribution >= 0.6 is 0 Å². The molecule has 1 aromatic carbocycles. The molecule has 0 amide bonds. The third-order valence-electron chi connectivity index (χ3n) is 6.71. The summed E-state index contributed by atoms with van der Waals surface area (Å²) in [4.78, 5) is 18.2. The maximum absolute atomic E-state index is 13.6. The number of hydrogen-bond donors (Lipinski definition) is 0. The molecule has 0 N–H and O–H groups in total. The zero-order valence-corrected chi connectivity index (χ0v) is 16.1. The van der Waals surface area contributed by atoms with E-state index in [1.54, 1.807) is 6.07 Å². The Morgan fingerprint density at radius 1 is 1.21 bits per heavy atom. The zero-order chi connectivity index (χ0) is 19.3. The highest BCUT2D eigenvalue weighted by atomic mass is 19.1. The van der Waals surface area contributed by atoms with Crippen LogP contribution in [0.15, 0.2) is 42.9 Å². The summed E-state index contributed by atoms with van der Waals surface area (Å²) in [6.07, 6.45) is 11.5. The molecule has 2 aromatic heterocycles. The first-order chi connectivity index (χ1) is 13.6. The van der Waals surface area contributed by atoms with E-state index in [9.17, 15) is 9.18 Å². The van der Waals surface area contributed by atoms with Crippen LogP contribution in [0.2, 0.25) is 0 Å². The fourth-order valence-corrected chi connectivity index (χ4v) is 5.42. The van der Waals surface area contributed by atoms with Crippen molar-refractivity contribution in [3.05, 3.63) is 59.8 Å². The summed E-state index contributed by atoms with van der Waals surface area (Å²) in [6.45, 7) is 2.45. The van der Waals surface area contributed by atoms with E-state index in [0.717, 1.165) is 11.8 Å². The van der Waals surface area contributed by atoms with Gasteiger partial charge in [0.1, 0.15) is 5.82 Å². The molecule has 1 spiro atoms. The number of benzene rings is 1. The lowest BCUT2D eigenvalue weighted by molar-refractivity contribution is -0.0136. The number of carbonyl (C=O) groups is 1. The van der Waals surface area contributed by atoms with E-state index in [1.165, 1.54) is 61.9 Å². The maximum Gasteiger partial charge on any atom is 0.152 e. The molecule has 0 radical (unpaired) electrons. The summed E-state index contributed by atoms with van der Waals surface area (Å²) in [5, 5.41) is 1.18. The third-order valence-corrected chi connectivity index (χ3v) is 6.71. The molecule has 1 saturated carbocycles. The van der Waals surface area contributed by atoms with Crippen LogP contribution in [-0.4, -0.2) is 40.9 Å². The van der Waals surface area contributed by atoms with E-state index in [-0.39, 0.29) is 0 Å². The molecule has 1 aliphatic heterocycles. The van der Waals surface area contributed by atoms with Gasteiger partial charge in [0, 0.05) is 36.4 Å². The molecule has 0 bridgehead atoms. The van der Waals surface area contributed by atoms with E-state index in [0.29, 0.717) is 22.6 Å². The van der Waals surface area contributed by atoms with Crippen molar-refractivity contribution >= 4 is 17.2 Å². The number of carbonyl (C=O) groups excluding carboxylic acids is 1. The lowest BCUT2D eigenvalue weighted by Gasteiger charge is -2.52. The van der Waals surface area contributed by atoms with Gasteiger partial charge in [-0.3, -0.25) is 9.78 Å². The van der Waals surface area contributed by atoms with Gasteiger partial charge in [-0.1, -0.05) is 0 Å². The van der Waals surface area contributed by atoms with E-state index >= 15 is 0 Å². The molecule has 28 heavy (non-hydrogen) atoms. The van der Waals surface area contributed by atoms with Crippen LogP contribution in [0.3, 0.4) is 0 Å². The maximum atomic E-state index is 13.6. The van der Waals surface area contributed by atoms with Crippen molar-refractivity contribution in [2.75, 3.05) is 20.1 Å². The van der Waals surface area contributed by atoms with E-state index in [1.807, 2.05) is 17.0 Å². The van der Waals surface area contributed by atoms with Crippen LogP contribution in [0, 0.1) is 11.2 Å². The minimum absolute atomic E-state index is 0.354. The molecule has 4 nitrogen and oxygen atoms in total. The van der Waals surface area contributed by atoms with Crippen LogP contribution < -0.4 is 0 Å². The van der Waals surface area contributed by atoms with Crippen molar-refractivity contribution in [2.45, 2.75) is 31.6 Å². The number of pyridine rings is 1. The SMILES string of the molecule is CN1CC2(CCC(c3cn(-c4ccc(F)cc4C=O)c4cnccc34)CC2)C1. The lowest BCUT2D eigenvalue weighted by atomic mass is 9.65. The molecule has 1 aliphatic carbocycles. The second-order valence-electron chi connectivity index (χ2n) is 8.61. The molecule has 3 aromatic rings. The van der Waals surface area contributed by atoms with Gasteiger partial charge in [-0.15, -0.1) is 0 Å². The standard InChI is InChI=1S/C23H24FN3O/c1-26-14-23(15-26)7-4-16(5-8-23)20-12-27(22-11-25-9-6-19(20)22)21-3-2-18(24)10-17(21)13-28/h2-3,6,9-13,16H,4-5,7-8,14-15H2,1H3. The molecule has 3 heterocycles. The molecule has 2 fully saturated rings. The fourth-order valence-electron chi connectivity index (χ4n) is 5.42. The van der Waals surface area contributed by atoms with Crippen molar-refractivity contribution in [1.82, 2.24) is 14.5 Å². The number of aromatic nitrogens is 2. The molecule has 5 rings (SSSR count). The molecule has 1 saturated heterocycles. The minimum Gasteiger partial charge on any atom is -0.314 e. The number of fused-ring (bicyclic) bond motifs is 1. The average molecular weight is 377 g/mol. The smallest absolute Gasteiger partial charge is 0.152 e. The Morgan fingerprint density at radius 3 is 2.71 bits per heavy atom. The summed E-state index contributed by atoms with van der Waals surface area (Å²) in [6, 6.07) is 6.44. The van der Waals surface area contributed by atoms with Gasteiger partial charge in [-0.05, 0) is 73.9 Å². The molecule has 0 unspecified atom stereocenters. The fraction of sp³-hybridized carbons (Fsp3) is 0.391. The number of rotatable bonds is 3. The number of halogens is 1. The van der Waals surface area contributed by atoms with Gasteiger partial charge < -0.3 is 9.47 Å². The number of likely N-dealkylation sites (tertiary alicyclic amines) is 1. The van der Waals surface area contributed by atoms with Crippen LogP contribution in [0.25, 0.3) is 16.6 Å². The zero-order valence-electron chi connectivity index (χ0n) is 16.1. The predicted molar refractivity (Wildman–Crippen MR) is 108 cm³/mol. The summed E-state index contributed by atoms with van der Waals surface area (Å²) in [7, 11) is 2.20. The summed E-state index contributed by atoms with van der Waals surface area (Å²) >= 11 is 0. The Hall–Kier alpha value is -2.53. The van der Waals surface area contributed by atoms with E-state index < -0.39 is 5.82 Å². The van der Waals surface area contributed by atoms with E-state index in [2.05, 4.69) is 29.2 Å². The van der Waals surface area contributed by atoms with Crippen LogP contribution in [0.1, 0.15) is 47.5 Å². The molecule has 144 valence electrons. The van der Waals surface area contributed by atoms with Gasteiger partial charge in [0.25, 0.3) is 0 Å². The van der Waals surface area contributed by atoms with Crippen molar-refractivity contribution in [3.8, 4) is 5.69 Å². The third kappa shape index (κ3) is 2.76. The Bertz CT molecular complexity index is 1040. The van der Waals surface area contributed by atoms with Gasteiger partial charge in [-0.25, -0.2) is 4.39 Å². The Labute approximate surface area is 164 Å². The highest BCUT2D eigenvalue weighted by molar-refractivity contribution is 5.88. The topological polar surface area (TPSA) is 38.1 Å². The number of aldehydes is 1. The normalized spacial score (nSPS) is 19.8. The largest absolute Gasteiger partial charge is 0.314 e. The molecule has 0 atom stereocenters. The summed E-state index contributed by atoms with van der Waals surface area (Å²) in [5.74, 6) is 0.117. The highest BCUT2D eigenvalue weighted by Gasteiger charge is 2.43. The number of nitrogens with zero attached hydrogens (tertiary/aromatic N) is 3. The molecular formula is C23H24FN3O. The quantitative estimate of drug-likeness (QED) is 0.628. The van der Waals surface area contributed by atoms with Crippen LogP contribution in [0.4, 0.5) is 4.39 Å². The summed E-state index contributed by atoms with van der Waals surface area (Å²) < 4.78 is 15.6. The van der Waals surface area contributed by atoms with Gasteiger partial charge in [0.15, 0.2) is 6.29 Å². The average Bonchev–Trinajstić information content (AvgIpc) is 3.07. The van der Waals surface area contributed by atoms with Crippen molar-refractivity contribution < 1.29 is 9.18 Å². The first-order valence-corrected chi connectivity index (χ1v) is 9.97. The molecule has 5 heteroatoms. The Morgan fingerprint density at radius 2 is 2.00 bits per heavy atom. The van der Waals surface area contributed by atoms with Gasteiger partial charge in [0.2, 0.25) is 0 Å². The van der Waals surface area contributed by atoms with Crippen molar-refractivity contribution in [2.24, 2.45) is 5.41 Å². The van der Waals surface area contributed by atoms with Gasteiger partial charge >= 0.3 is 0 Å². The Kier molecular flexibility index (Phi) is 4.09. The van der Waals surface area contributed by atoms with Crippen molar-refractivity contribution in [1.29, 1.82) is 0 Å². The van der Waals surface area contributed by atoms with Gasteiger partial charge in [0.05, 0.1) is 17.4 Å². The minimum atomic E-state index is -0.399. The molecular weight excluding hydrogens is 353 g/mol. The number of hydrogen-bond acceptors (Lipinski definition) is 3. The van der Waals surface area contributed by atoms with Crippen LogP contribution in [0.5, 0.6) is 0 Å². The monoisotopic (exact) mass is 377 g/mol. The van der Waals surface area contributed by atoms with Crippen molar-refractivity contribution in [3.63, 3.8) is 0 Å². The van der Waals surface area contributed by atoms with Gasteiger partial charge in [-0.2, -0.15) is 0 Å². The first-order valence-electron chi connectivity index (χ1n) is 9.97. The highest BCUT2D eigenvalue weighted by Crippen LogP contribution is 2.49. The van der Waals surface area contributed by atoms with Crippen LogP contribution in [-0.2, 0) is 0 Å². The lowest BCUT2D eigenvalue weighted by Crippen LogP contribution is -2.55. The first kappa shape index (κ1) is 17.6. The van der Waals surface area contributed by atoms with E-state index in [4.69, 9.17) is 0 Å². The second kappa shape index (κ2) is 6.52. The Balaban J connectivity index is 1.54. The molecule has 2 aliphatic rings. The predicted octanol–water partition coefficient (Wildman–Crippen LogP) is 4.57.